The molecule has 0 unspecified atom stereocenters. The number of rotatable bonds is 7. The lowest BCUT2D eigenvalue weighted by Crippen LogP contribution is -2.48. The zero-order chi connectivity index (χ0) is 19.5. The van der Waals surface area contributed by atoms with Crippen LogP contribution in [0.25, 0.3) is 11.0 Å². The third kappa shape index (κ3) is 3.90. The zero-order valence-electron chi connectivity index (χ0n) is 15.5. The molecule has 1 aliphatic carbocycles. The number of nitrogens with one attached hydrogen (secondary N) is 1. The van der Waals surface area contributed by atoms with Crippen molar-refractivity contribution in [3.05, 3.63) is 60.2 Å². The molecule has 2 heterocycles. The summed E-state index contributed by atoms with van der Waals surface area (Å²) in [7, 11) is 0. The fourth-order valence-electron chi connectivity index (χ4n) is 3.81. The van der Waals surface area contributed by atoms with Crippen LogP contribution in [0, 0.1) is 5.92 Å². The molecule has 28 heavy (non-hydrogen) atoms. The molecular weight excluding hydrogens is 356 g/mol. The second kappa shape index (κ2) is 8.08. The van der Waals surface area contributed by atoms with E-state index in [1.165, 1.54) is 0 Å². The van der Waals surface area contributed by atoms with E-state index in [-0.39, 0.29) is 30.6 Å². The standard InChI is InChI=1S/C21H24N4O3/c26-8-7-25-13-23-19-12-15(1-2-20(19)25)21(28)24-18(16-10-17(27)11-16)9-14-3-5-22-6-4-14/h1-6,12-13,16-18,26-27H,7-11H2,(H,24,28)/t16?,17?,18-/m1/s1. The molecule has 7 heteroatoms. The van der Waals surface area contributed by atoms with Crippen molar-refractivity contribution < 1.29 is 15.0 Å². The molecular formula is C21H24N4O3. The van der Waals surface area contributed by atoms with Crippen LogP contribution in [-0.4, -0.2) is 49.4 Å². The van der Waals surface area contributed by atoms with Crippen LogP contribution < -0.4 is 5.32 Å². The molecule has 4 rings (SSSR count). The van der Waals surface area contributed by atoms with Crippen LogP contribution in [0.15, 0.2) is 49.1 Å². The number of benzene rings is 1. The Balaban J connectivity index is 1.51. The van der Waals surface area contributed by atoms with Crippen molar-refractivity contribution in [1.82, 2.24) is 19.9 Å². The third-order valence-electron chi connectivity index (χ3n) is 5.46. The van der Waals surface area contributed by atoms with Crippen molar-refractivity contribution >= 4 is 16.9 Å². The third-order valence-corrected chi connectivity index (χ3v) is 5.46. The molecule has 0 spiro atoms. The highest BCUT2D eigenvalue weighted by atomic mass is 16.3. The minimum Gasteiger partial charge on any atom is -0.395 e. The lowest BCUT2D eigenvalue weighted by molar-refractivity contribution is 0.0239. The summed E-state index contributed by atoms with van der Waals surface area (Å²) in [5.41, 5.74) is 3.29. The van der Waals surface area contributed by atoms with Gasteiger partial charge in [-0.2, -0.15) is 0 Å². The normalized spacial score (nSPS) is 19.9. The van der Waals surface area contributed by atoms with Gasteiger partial charge >= 0.3 is 0 Å². The van der Waals surface area contributed by atoms with E-state index < -0.39 is 0 Å². The summed E-state index contributed by atoms with van der Waals surface area (Å²) < 4.78 is 1.86. The van der Waals surface area contributed by atoms with Gasteiger partial charge in [0.05, 0.1) is 30.1 Å². The molecule has 1 aromatic carbocycles. The Hall–Kier alpha value is -2.77. The van der Waals surface area contributed by atoms with Crippen LogP contribution in [0.3, 0.4) is 0 Å². The van der Waals surface area contributed by atoms with Crippen molar-refractivity contribution in [2.75, 3.05) is 6.61 Å². The van der Waals surface area contributed by atoms with Crippen LogP contribution >= 0.6 is 0 Å². The Kier molecular flexibility index (Phi) is 5.36. The predicted molar refractivity (Wildman–Crippen MR) is 105 cm³/mol. The van der Waals surface area contributed by atoms with Gasteiger partial charge in [-0.1, -0.05) is 0 Å². The van der Waals surface area contributed by atoms with Gasteiger partial charge in [0.25, 0.3) is 5.91 Å². The molecule has 3 aromatic rings. The highest BCUT2D eigenvalue weighted by Crippen LogP contribution is 2.32. The maximum absolute atomic E-state index is 12.9. The lowest BCUT2D eigenvalue weighted by atomic mass is 9.75. The molecule has 7 nitrogen and oxygen atoms in total. The number of aliphatic hydroxyl groups excluding tert-OH is 2. The summed E-state index contributed by atoms with van der Waals surface area (Å²) in [4.78, 5) is 21.3. The number of pyridine rings is 1. The van der Waals surface area contributed by atoms with E-state index in [0.717, 1.165) is 16.6 Å². The van der Waals surface area contributed by atoms with Crippen molar-refractivity contribution in [1.29, 1.82) is 0 Å². The molecule has 2 aromatic heterocycles. The average molecular weight is 380 g/mol. The van der Waals surface area contributed by atoms with Gasteiger partial charge in [-0.3, -0.25) is 9.78 Å². The molecule has 1 atom stereocenters. The lowest BCUT2D eigenvalue weighted by Gasteiger charge is -2.38. The first-order valence-electron chi connectivity index (χ1n) is 9.57. The van der Waals surface area contributed by atoms with E-state index in [4.69, 9.17) is 5.11 Å². The summed E-state index contributed by atoms with van der Waals surface area (Å²) in [6.45, 7) is 0.512. The minimum absolute atomic E-state index is 0.0393. The first-order chi connectivity index (χ1) is 13.6. The van der Waals surface area contributed by atoms with Crippen molar-refractivity contribution in [3.63, 3.8) is 0 Å². The van der Waals surface area contributed by atoms with Gasteiger partial charge in [0.15, 0.2) is 0 Å². The summed E-state index contributed by atoms with van der Waals surface area (Å²) in [6.07, 6.45) is 7.03. The first kappa shape index (κ1) is 18.6. The fraction of sp³-hybridized carbons (Fsp3) is 0.381. The Morgan fingerprint density at radius 1 is 1.25 bits per heavy atom. The maximum Gasteiger partial charge on any atom is 0.251 e. The van der Waals surface area contributed by atoms with E-state index in [0.29, 0.717) is 31.4 Å². The van der Waals surface area contributed by atoms with Crippen LogP contribution in [0.2, 0.25) is 0 Å². The number of aliphatic hydroxyl groups is 2. The Morgan fingerprint density at radius 3 is 2.75 bits per heavy atom. The van der Waals surface area contributed by atoms with Gasteiger partial charge in [0.2, 0.25) is 0 Å². The molecule has 1 saturated carbocycles. The quantitative estimate of drug-likeness (QED) is 0.577. The van der Waals surface area contributed by atoms with E-state index in [1.54, 1.807) is 30.9 Å². The van der Waals surface area contributed by atoms with Gasteiger partial charge in [0.1, 0.15) is 0 Å². The van der Waals surface area contributed by atoms with Crippen LogP contribution in [0.1, 0.15) is 28.8 Å². The second-order valence-corrected chi connectivity index (χ2v) is 7.39. The van der Waals surface area contributed by atoms with Gasteiger partial charge in [-0.25, -0.2) is 4.98 Å². The van der Waals surface area contributed by atoms with E-state index >= 15 is 0 Å². The molecule has 1 amide bonds. The maximum atomic E-state index is 12.9. The van der Waals surface area contributed by atoms with Crippen molar-refractivity contribution in [2.45, 2.75) is 38.0 Å². The molecule has 1 fully saturated rings. The number of aromatic nitrogens is 3. The molecule has 0 radical (unpaired) electrons. The Labute approximate surface area is 163 Å². The van der Waals surface area contributed by atoms with Gasteiger partial charge in [-0.05, 0) is 61.1 Å². The number of amides is 1. The number of hydrogen-bond donors (Lipinski definition) is 3. The number of fused-ring (bicyclic) bond motifs is 1. The fourth-order valence-corrected chi connectivity index (χ4v) is 3.81. The Morgan fingerprint density at radius 2 is 2.04 bits per heavy atom. The number of carbonyl (C=O) groups is 1. The summed E-state index contributed by atoms with van der Waals surface area (Å²) >= 11 is 0. The predicted octanol–water partition coefficient (Wildman–Crippen LogP) is 1.54. The van der Waals surface area contributed by atoms with E-state index in [9.17, 15) is 9.90 Å². The molecule has 0 bridgehead atoms. The van der Waals surface area contributed by atoms with E-state index in [1.807, 2.05) is 22.8 Å². The number of nitrogens with zero attached hydrogens (tertiary/aromatic N) is 3. The van der Waals surface area contributed by atoms with Crippen molar-refractivity contribution in [2.24, 2.45) is 5.92 Å². The molecule has 146 valence electrons. The summed E-state index contributed by atoms with van der Waals surface area (Å²) in [5, 5.41) is 22.0. The molecule has 0 aliphatic heterocycles. The first-order valence-corrected chi connectivity index (χ1v) is 9.57. The molecule has 3 N–H and O–H groups in total. The Bertz CT molecular complexity index is 951. The monoisotopic (exact) mass is 380 g/mol. The highest BCUT2D eigenvalue weighted by Gasteiger charge is 2.35. The minimum atomic E-state index is -0.270. The largest absolute Gasteiger partial charge is 0.395 e. The van der Waals surface area contributed by atoms with Crippen LogP contribution in [0.5, 0.6) is 0 Å². The van der Waals surface area contributed by atoms with Gasteiger partial charge in [0, 0.05) is 30.5 Å². The smallest absolute Gasteiger partial charge is 0.251 e. The number of hydrogen-bond acceptors (Lipinski definition) is 5. The van der Waals surface area contributed by atoms with Crippen LogP contribution in [-0.2, 0) is 13.0 Å². The second-order valence-electron chi connectivity index (χ2n) is 7.39. The number of imidazole rings is 1. The highest BCUT2D eigenvalue weighted by molar-refractivity contribution is 5.97. The summed E-state index contributed by atoms with van der Waals surface area (Å²) in [5.74, 6) is 0.124. The molecule has 0 saturated heterocycles. The number of carbonyl (C=O) groups excluding carboxylic acids is 1. The van der Waals surface area contributed by atoms with Gasteiger partial charge in [-0.15, -0.1) is 0 Å². The molecule has 1 aliphatic rings. The van der Waals surface area contributed by atoms with E-state index in [2.05, 4.69) is 15.3 Å². The average Bonchev–Trinajstić information content (AvgIpc) is 3.08. The zero-order valence-corrected chi connectivity index (χ0v) is 15.5. The van der Waals surface area contributed by atoms with Gasteiger partial charge < -0.3 is 20.1 Å². The van der Waals surface area contributed by atoms with Crippen molar-refractivity contribution in [3.8, 4) is 0 Å². The SMILES string of the molecule is O=C(N[C@H](Cc1ccncc1)C1CC(O)C1)c1ccc2c(c1)ncn2CCO. The van der Waals surface area contributed by atoms with Crippen LogP contribution in [0.4, 0.5) is 0 Å². The topological polar surface area (TPSA) is 100 Å². The summed E-state index contributed by atoms with van der Waals surface area (Å²) in [6, 6.07) is 9.28.